The molecule has 2 aliphatic rings. The van der Waals surface area contributed by atoms with Gasteiger partial charge < -0.3 is 38.1 Å². The highest BCUT2D eigenvalue weighted by Crippen LogP contribution is 2.59. The first-order valence-corrected chi connectivity index (χ1v) is 27.9. The van der Waals surface area contributed by atoms with Crippen LogP contribution in [0.25, 0.3) is 0 Å². The number of amides is 2. The molecule has 28 heteroatoms. The molecule has 434 valence electrons. The standard InChI is InChI=1S/C48H78N2O24P2/c1-17-35(51)71-33-23-31(75(61,67-25-63-41(57)45(6,7)8)68-26-64-42(58)46(9,10)11)39(55)49(33)73-36(52)19-18-20-48(15,16)44(60)66-28-70-76(62,69-27-65-43(59)47(12,13)14)32-24-34(72-37(53)21-29(2)3)50(40(32)56)74-38(54)22-30(4)5/h29-34H,17-28H2,1-16H3. The van der Waals surface area contributed by atoms with Crippen LogP contribution >= 0.6 is 15.2 Å². The van der Waals surface area contributed by atoms with Crippen LogP contribution in [0.15, 0.2) is 0 Å². The predicted octanol–water partition coefficient (Wildman–Crippen LogP) is 7.14. The minimum absolute atomic E-state index is 0.0882. The van der Waals surface area contributed by atoms with Crippen molar-refractivity contribution in [2.45, 2.75) is 186 Å². The Balaban J connectivity index is 2.27. The summed E-state index contributed by atoms with van der Waals surface area (Å²) in [5, 5.41) is 0.849. The Labute approximate surface area is 443 Å². The van der Waals surface area contributed by atoms with Gasteiger partial charge in [-0.2, -0.15) is 0 Å². The molecule has 5 unspecified atom stereocenters. The first-order chi connectivity index (χ1) is 34.8. The number of rotatable bonds is 28. The van der Waals surface area contributed by atoms with Gasteiger partial charge in [-0.1, -0.05) is 34.6 Å². The second-order valence-corrected chi connectivity index (χ2v) is 26.9. The fraction of sp³-hybridized carbons (Fsp3) is 0.792. The second kappa shape index (κ2) is 28.1. The molecule has 0 aromatic carbocycles. The van der Waals surface area contributed by atoms with E-state index in [9.17, 15) is 57.1 Å². The number of hydrogen-bond acceptors (Lipinski definition) is 24. The first-order valence-electron chi connectivity index (χ1n) is 24.7. The van der Waals surface area contributed by atoms with Gasteiger partial charge in [-0.15, -0.1) is 10.1 Å². The zero-order valence-electron chi connectivity index (χ0n) is 46.5. The molecule has 0 radical (unpaired) electrons. The summed E-state index contributed by atoms with van der Waals surface area (Å²) in [5.74, 6) is -9.63. The molecule has 2 fully saturated rings. The molecule has 2 rings (SSSR count). The van der Waals surface area contributed by atoms with Crippen LogP contribution in [0.4, 0.5) is 0 Å². The normalized spacial score (nSPS) is 19.2. The third kappa shape index (κ3) is 20.8. The van der Waals surface area contributed by atoms with Crippen LogP contribution in [0.3, 0.4) is 0 Å². The number of hydrogen-bond donors (Lipinski definition) is 0. The molecule has 0 aromatic heterocycles. The lowest BCUT2D eigenvalue weighted by atomic mass is 9.87. The van der Waals surface area contributed by atoms with Crippen molar-refractivity contribution >= 4 is 74.8 Å². The van der Waals surface area contributed by atoms with Crippen molar-refractivity contribution in [2.24, 2.45) is 33.5 Å². The van der Waals surface area contributed by atoms with Crippen LogP contribution in [0, 0.1) is 33.5 Å². The molecule has 76 heavy (non-hydrogen) atoms. The number of carbonyl (C=O) groups is 10. The van der Waals surface area contributed by atoms with Crippen LogP contribution in [0.1, 0.15) is 162 Å². The van der Waals surface area contributed by atoms with Gasteiger partial charge >= 0.3 is 62.9 Å². The lowest BCUT2D eigenvalue weighted by Gasteiger charge is -2.26. The molecule has 2 saturated heterocycles. The van der Waals surface area contributed by atoms with Crippen LogP contribution in [0.2, 0.25) is 0 Å². The maximum atomic E-state index is 14.6. The monoisotopic (exact) mass is 1130 g/mol. The lowest BCUT2D eigenvalue weighted by molar-refractivity contribution is -0.228. The smallest absolute Gasteiger partial charge is 0.349 e. The van der Waals surface area contributed by atoms with E-state index in [2.05, 4.69) is 0 Å². The molecule has 2 aliphatic heterocycles. The van der Waals surface area contributed by atoms with Crippen LogP contribution in [0.5, 0.6) is 0 Å². The molecule has 26 nitrogen and oxygen atoms in total. The number of carbonyl (C=O) groups excluding carboxylic acids is 10. The van der Waals surface area contributed by atoms with Gasteiger partial charge in [0, 0.05) is 32.1 Å². The summed E-state index contributed by atoms with van der Waals surface area (Å²) in [6.45, 7) is 20.9. The molecule has 2 heterocycles. The maximum Gasteiger partial charge on any atom is 0.349 e. The SMILES string of the molecule is CCC(=O)OC1CC(P(=O)(OCOC(=O)C(C)(C)C)OCOC(=O)C(C)(C)C)C(=O)N1OC(=O)CCCC(C)(C)C(=O)OCOP(=O)(OCOC(=O)C(C)(C)C)C1CC(OC(=O)CC(C)C)N(OC(=O)CC(C)C)C1=O. The van der Waals surface area contributed by atoms with E-state index in [4.69, 9.17) is 56.2 Å². The quantitative estimate of drug-likeness (QED) is 0.0325. The third-order valence-electron chi connectivity index (χ3n) is 10.8. The molecule has 0 bridgehead atoms. The summed E-state index contributed by atoms with van der Waals surface area (Å²) in [7, 11) is -9.72. The van der Waals surface area contributed by atoms with Crippen LogP contribution < -0.4 is 0 Å². The minimum atomic E-state index is -4.90. The van der Waals surface area contributed by atoms with Gasteiger partial charge in [0.25, 0.3) is 11.8 Å². The molecule has 0 aliphatic carbocycles. The van der Waals surface area contributed by atoms with Crippen molar-refractivity contribution < 1.29 is 113 Å². The molecular weight excluding hydrogens is 1050 g/mol. The molecule has 0 aromatic rings. The van der Waals surface area contributed by atoms with E-state index < -0.39 is 167 Å². The highest BCUT2D eigenvalue weighted by Gasteiger charge is 2.57. The van der Waals surface area contributed by atoms with E-state index in [0.717, 1.165) is 0 Å². The Morgan fingerprint density at radius 1 is 0.513 bits per heavy atom. The van der Waals surface area contributed by atoms with E-state index in [1.54, 1.807) is 27.7 Å². The van der Waals surface area contributed by atoms with Gasteiger partial charge in [0.1, 0.15) is 11.3 Å². The van der Waals surface area contributed by atoms with Crippen molar-refractivity contribution in [1.29, 1.82) is 0 Å². The zero-order chi connectivity index (χ0) is 58.4. The Morgan fingerprint density at radius 2 is 0.842 bits per heavy atom. The Hall–Kier alpha value is -5.00. The Kier molecular flexibility index (Phi) is 24.8. The number of nitrogens with zero attached hydrogens (tertiary/aromatic N) is 2. The Morgan fingerprint density at radius 3 is 1.18 bits per heavy atom. The van der Waals surface area contributed by atoms with E-state index in [0.29, 0.717) is 10.1 Å². The highest BCUT2D eigenvalue weighted by atomic mass is 31.2. The predicted molar refractivity (Wildman–Crippen MR) is 261 cm³/mol. The molecule has 0 N–H and O–H groups in total. The maximum absolute atomic E-state index is 14.6. The zero-order valence-corrected chi connectivity index (χ0v) is 48.3. The molecule has 2 amide bonds. The average Bonchev–Trinajstić information content (AvgIpc) is 3.75. The van der Waals surface area contributed by atoms with E-state index in [1.807, 2.05) is 0 Å². The summed E-state index contributed by atoms with van der Waals surface area (Å²) in [6, 6.07) is 0. The van der Waals surface area contributed by atoms with Crippen LogP contribution in [-0.4, -0.2) is 121 Å². The summed E-state index contributed by atoms with van der Waals surface area (Å²) in [6.07, 6.45) is -5.58. The minimum Gasteiger partial charge on any atom is -0.438 e. The fourth-order valence-electron chi connectivity index (χ4n) is 6.35. The van der Waals surface area contributed by atoms with Gasteiger partial charge in [-0.3, -0.25) is 65.6 Å². The molecular formula is C48H78N2O24P2. The van der Waals surface area contributed by atoms with E-state index in [-0.39, 0.29) is 43.9 Å². The average molecular weight is 1130 g/mol. The van der Waals surface area contributed by atoms with Crippen LogP contribution in [-0.2, 0) is 113 Å². The van der Waals surface area contributed by atoms with E-state index in [1.165, 1.54) is 83.1 Å². The highest BCUT2D eigenvalue weighted by molar-refractivity contribution is 7.56. The topological polar surface area (TPSA) is 322 Å². The molecule has 5 atom stereocenters. The van der Waals surface area contributed by atoms with Crippen molar-refractivity contribution in [3.8, 4) is 0 Å². The molecule has 0 spiro atoms. The third-order valence-corrected chi connectivity index (χ3v) is 15.0. The largest absolute Gasteiger partial charge is 0.438 e. The van der Waals surface area contributed by atoms with E-state index >= 15 is 0 Å². The van der Waals surface area contributed by atoms with Crippen molar-refractivity contribution in [1.82, 2.24) is 10.1 Å². The lowest BCUT2D eigenvalue weighted by Crippen LogP contribution is -2.39. The van der Waals surface area contributed by atoms with Crippen molar-refractivity contribution in [2.75, 3.05) is 27.2 Å². The first kappa shape index (κ1) is 67.1. The van der Waals surface area contributed by atoms with Gasteiger partial charge in [-0.05, 0) is 101 Å². The van der Waals surface area contributed by atoms with Gasteiger partial charge in [-0.25, -0.2) is 9.59 Å². The number of ether oxygens (including phenoxy) is 6. The summed E-state index contributed by atoms with van der Waals surface area (Å²) in [5.41, 5.74) is -8.20. The van der Waals surface area contributed by atoms with Gasteiger partial charge in [0.15, 0.2) is 0 Å². The second-order valence-electron chi connectivity index (χ2n) is 22.5. The van der Waals surface area contributed by atoms with Gasteiger partial charge in [0.05, 0.1) is 28.1 Å². The number of hydroxylamine groups is 4. The molecule has 0 saturated carbocycles. The van der Waals surface area contributed by atoms with Gasteiger partial charge in [0.2, 0.25) is 39.6 Å². The Bertz CT molecular complexity index is 2170. The number of esters is 6. The summed E-state index contributed by atoms with van der Waals surface area (Å²) >= 11 is 0. The van der Waals surface area contributed by atoms with Crippen molar-refractivity contribution in [3.05, 3.63) is 0 Å². The summed E-state index contributed by atoms with van der Waals surface area (Å²) < 4.78 is 82.0. The van der Waals surface area contributed by atoms with Crippen molar-refractivity contribution in [3.63, 3.8) is 0 Å². The fourth-order valence-corrected chi connectivity index (χ4v) is 9.67. The summed E-state index contributed by atoms with van der Waals surface area (Å²) in [4.78, 5) is 141.